The van der Waals surface area contributed by atoms with Gasteiger partial charge in [-0.1, -0.05) is 37.3 Å². The van der Waals surface area contributed by atoms with E-state index in [1.807, 2.05) is 18.2 Å². The van der Waals surface area contributed by atoms with Crippen molar-refractivity contribution in [3.8, 4) is 0 Å². The van der Waals surface area contributed by atoms with Crippen LogP contribution in [-0.4, -0.2) is 0 Å². The molecule has 0 aliphatic heterocycles. The molecule has 84 valence electrons. The Morgan fingerprint density at radius 2 is 1.94 bits per heavy atom. The highest BCUT2D eigenvalue weighted by Gasteiger charge is 2.16. The lowest BCUT2D eigenvalue weighted by atomic mass is 9.95. The summed E-state index contributed by atoms with van der Waals surface area (Å²) in [4.78, 5) is 0. The number of benzene rings is 1. The first-order chi connectivity index (χ1) is 7.77. The van der Waals surface area contributed by atoms with E-state index in [4.69, 9.17) is 11.6 Å². The Hall–Kier alpha value is -0.790. The van der Waals surface area contributed by atoms with Crippen LogP contribution in [0.1, 0.15) is 23.4 Å². The molecule has 2 aromatic rings. The molecule has 0 saturated heterocycles. The molecule has 0 bridgehead atoms. The van der Waals surface area contributed by atoms with Gasteiger partial charge in [-0.15, -0.1) is 11.6 Å². The smallest absolute Gasteiger partial charge is 0.0613 e. The first-order valence-electron chi connectivity index (χ1n) is 5.47. The van der Waals surface area contributed by atoms with E-state index in [2.05, 4.69) is 35.9 Å². The van der Waals surface area contributed by atoms with E-state index in [1.54, 1.807) is 11.3 Å². The highest BCUT2D eigenvalue weighted by atomic mass is 35.5. The standard InChI is InChI=1S/C14H15ClS/c1-11(9-12-7-8-16-10-12)14(15)13-5-3-2-4-6-13/h2-8,10-11,14H,9H2,1H3. The minimum absolute atomic E-state index is 0.0982. The maximum atomic E-state index is 6.48. The molecule has 0 fully saturated rings. The molecule has 0 N–H and O–H groups in total. The molecule has 1 aromatic heterocycles. The Morgan fingerprint density at radius 1 is 1.19 bits per heavy atom. The van der Waals surface area contributed by atoms with Crippen LogP contribution in [0.25, 0.3) is 0 Å². The van der Waals surface area contributed by atoms with Crippen LogP contribution in [0.3, 0.4) is 0 Å². The molecule has 2 rings (SSSR count). The lowest BCUT2D eigenvalue weighted by molar-refractivity contribution is 0.559. The molecule has 2 unspecified atom stereocenters. The van der Waals surface area contributed by atoms with E-state index in [9.17, 15) is 0 Å². The van der Waals surface area contributed by atoms with Crippen LogP contribution in [0.4, 0.5) is 0 Å². The van der Waals surface area contributed by atoms with Gasteiger partial charge in [-0.2, -0.15) is 11.3 Å². The molecule has 0 aliphatic carbocycles. The Kier molecular flexibility index (Phi) is 4.03. The number of thiophene rings is 1. The van der Waals surface area contributed by atoms with Crippen molar-refractivity contribution in [1.82, 2.24) is 0 Å². The summed E-state index contributed by atoms with van der Waals surface area (Å²) in [6.07, 6.45) is 1.05. The van der Waals surface area contributed by atoms with Gasteiger partial charge in [-0.25, -0.2) is 0 Å². The molecule has 0 amide bonds. The van der Waals surface area contributed by atoms with Crippen molar-refractivity contribution in [2.24, 2.45) is 5.92 Å². The Bertz CT molecular complexity index is 408. The van der Waals surface area contributed by atoms with Gasteiger partial charge >= 0.3 is 0 Å². The quantitative estimate of drug-likeness (QED) is 0.677. The van der Waals surface area contributed by atoms with Crippen LogP contribution in [0.5, 0.6) is 0 Å². The fraction of sp³-hybridized carbons (Fsp3) is 0.286. The molecule has 2 atom stereocenters. The molecule has 2 heteroatoms. The molecule has 0 aliphatic rings. The molecule has 1 aromatic carbocycles. The molecule has 0 radical (unpaired) electrons. The van der Waals surface area contributed by atoms with Gasteiger partial charge in [0.15, 0.2) is 0 Å². The SMILES string of the molecule is CC(Cc1ccsc1)C(Cl)c1ccccc1. The van der Waals surface area contributed by atoms with Crippen molar-refractivity contribution in [2.75, 3.05) is 0 Å². The summed E-state index contributed by atoms with van der Waals surface area (Å²) in [5, 5.41) is 4.42. The summed E-state index contributed by atoms with van der Waals surface area (Å²) < 4.78 is 0. The van der Waals surface area contributed by atoms with Gasteiger partial charge < -0.3 is 0 Å². The predicted octanol–water partition coefficient (Wildman–Crippen LogP) is 4.91. The zero-order valence-corrected chi connectivity index (χ0v) is 10.8. The van der Waals surface area contributed by atoms with Gasteiger partial charge in [-0.05, 0) is 40.3 Å². The normalized spacial score (nSPS) is 14.6. The predicted molar refractivity (Wildman–Crippen MR) is 72.2 cm³/mol. The lowest BCUT2D eigenvalue weighted by Gasteiger charge is -2.17. The largest absolute Gasteiger partial charge is 0.152 e. The molecule has 1 heterocycles. The van der Waals surface area contributed by atoms with E-state index in [0.717, 1.165) is 6.42 Å². The third-order valence-corrected chi connectivity index (χ3v) is 4.17. The summed E-state index contributed by atoms with van der Waals surface area (Å²) >= 11 is 8.22. The maximum Gasteiger partial charge on any atom is 0.0613 e. The van der Waals surface area contributed by atoms with Crippen LogP contribution in [-0.2, 0) is 6.42 Å². The average molecular weight is 251 g/mol. The summed E-state index contributed by atoms with van der Waals surface area (Å²) in [5.41, 5.74) is 2.60. The van der Waals surface area contributed by atoms with Gasteiger partial charge in [0.05, 0.1) is 5.38 Å². The molecule has 16 heavy (non-hydrogen) atoms. The topological polar surface area (TPSA) is 0 Å². The molecule has 0 saturated carbocycles. The zero-order valence-electron chi connectivity index (χ0n) is 9.27. The van der Waals surface area contributed by atoms with Crippen LogP contribution in [0.15, 0.2) is 47.2 Å². The number of hydrogen-bond acceptors (Lipinski definition) is 1. The Balaban J connectivity index is 2.02. The van der Waals surface area contributed by atoms with Gasteiger partial charge in [-0.3, -0.25) is 0 Å². The van der Waals surface area contributed by atoms with Gasteiger partial charge in [0, 0.05) is 0 Å². The fourth-order valence-electron chi connectivity index (χ4n) is 1.85. The number of alkyl halides is 1. The highest BCUT2D eigenvalue weighted by molar-refractivity contribution is 7.07. The summed E-state index contributed by atoms with van der Waals surface area (Å²) in [7, 11) is 0. The minimum atomic E-state index is 0.0982. The average Bonchev–Trinajstić information content (AvgIpc) is 2.82. The number of rotatable bonds is 4. The first-order valence-corrected chi connectivity index (χ1v) is 6.85. The van der Waals surface area contributed by atoms with Crippen molar-refractivity contribution in [3.05, 3.63) is 58.3 Å². The molecule has 0 nitrogen and oxygen atoms in total. The van der Waals surface area contributed by atoms with Crippen LogP contribution < -0.4 is 0 Å². The Morgan fingerprint density at radius 3 is 2.56 bits per heavy atom. The Labute approximate surface area is 106 Å². The zero-order chi connectivity index (χ0) is 11.4. The van der Waals surface area contributed by atoms with Crippen LogP contribution in [0.2, 0.25) is 0 Å². The number of halogens is 1. The van der Waals surface area contributed by atoms with E-state index in [0.29, 0.717) is 5.92 Å². The van der Waals surface area contributed by atoms with E-state index in [1.165, 1.54) is 11.1 Å². The minimum Gasteiger partial charge on any atom is -0.152 e. The molecular weight excluding hydrogens is 236 g/mol. The van der Waals surface area contributed by atoms with Crippen molar-refractivity contribution in [3.63, 3.8) is 0 Å². The molecular formula is C14H15ClS. The van der Waals surface area contributed by atoms with Crippen molar-refractivity contribution in [1.29, 1.82) is 0 Å². The first kappa shape index (κ1) is 11.7. The van der Waals surface area contributed by atoms with Crippen LogP contribution >= 0.6 is 22.9 Å². The maximum absolute atomic E-state index is 6.48. The second-order valence-electron chi connectivity index (χ2n) is 4.13. The van der Waals surface area contributed by atoms with Crippen molar-refractivity contribution >= 4 is 22.9 Å². The van der Waals surface area contributed by atoms with Crippen molar-refractivity contribution < 1.29 is 0 Å². The van der Waals surface area contributed by atoms with Gasteiger partial charge in [0.25, 0.3) is 0 Å². The van der Waals surface area contributed by atoms with Gasteiger partial charge in [0.2, 0.25) is 0 Å². The van der Waals surface area contributed by atoms with E-state index >= 15 is 0 Å². The lowest BCUT2D eigenvalue weighted by Crippen LogP contribution is -2.06. The monoisotopic (exact) mass is 250 g/mol. The summed E-state index contributed by atoms with van der Waals surface area (Å²) in [6, 6.07) is 12.5. The second-order valence-corrected chi connectivity index (χ2v) is 5.38. The highest BCUT2D eigenvalue weighted by Crippen LogP contribution is 2.31. The number of hydrogen-bond donors (Lipinski definition) is 0. The second kappa shape index (κ2) is 5.51. The molecule has 0 spiro atoms. The van der Waals surface area contributed by atoms with E-state index in [-0.39, 0.29) is 5.38 Å². The van der Waals surface area contributed by atoms with Gasteiger partial charge in [0.1, 0.15) is 0 Å². The fourth-order valence-corrected chi connectivity index (χ4v) is 2.77. The summed E-state index contributed by atoms with van der Waals surface area (Å²) in [5.74, 6) is 0.457. The third-order valence-electron chi connectivity index (χ3n) is 2.76. The third kappa shape index (κ3) is 2.87. The summed E-state index contributed by atoms with van der Waals surface area (Å²) in [6.45, 7) is 2.21. The van der Waals surface area contributed by atoms with E-state index < -0.39 is 0 Å². The van der Waals surface area contributed by atoms with Crippen LogP contribution in [0, 0.1) is 5.92 Å². The van der Waals surface area contributed by atoms with Crippen molar-refractivity contribution in [2.45, 2.75) is 18.7 Å².